The van der Waals surface area contributed by atoms with Gasteiger partial charge in [0.1, 0.15) is 19.5 Å². The summed E-state index contributed by atoms with van der Waals surface area (Å²) in [6, 6.07) is 18.0. The van der Waals surface area contributed by atoms with Crippen LogP contribution in [0, 0.1) is 0 Å². The van der Waals surface area contributed by atoms with E-state index in [1.807, 2.05) is 42.5 Å². The van der Waals surface area contributed by atoms with Gasteiger partial charge in [0.15, 0.2) is 0 Å². The van der Waals surface area contributed by atoms with Gasteiger partial charge in [0, 0.05) is 17.4 Å². The van der Waals surface area contributed by atoms with E-state index >= 15 is 0 Å². The highest BCUT2D eigenvalue weighted by Crippen LogP contribution is 2.21. The van der Waals surface area contributed by atoms with Crippen molar-refractivity contribution < 1.29 is 14.3 Å². The lowest BCUT2D eigenvalue weighted by Gasteiger charge is -2.17. The Labute approximate surface area is 141 Å². The molecule has 5 nitrogen and oxygen atoms in total. The second kappa shape index (κ2) is 7.55. The molecule has 5 heteroatoms. The molecule has 1 aliphatic rings. The Morgan fingerprint density at radius 3 is 2.38 bits per heavy atom. The van der Waals surface area contributed by atoms with Crippen LogP contribution >= 0.6 is 0 Å². The zero-order valence-electron chi connectivity index (χ0n) is 13.5. The molecule has 0 spiro atoms. The first-order valence-corrected chi connectivity index (χ1v) is 7.90. The summed E-state index contributed by atoms with van der Waals surface area (Å²) in [5.41, 5.74) is 2.91. The van der Waals surface area contributed by atoms with Crippen LogP contribution in [0.25, 0.3) is 0 Å². The van der Waals surface area contributed by atoms with Crippen LogP contribution in [0.15, 0.2) is 66.6 Å². The van der Waals surface area contributed by atoms with Gasteiger partial charge in [0.25, 0.3) is 5.91 Å². The second-order valence-corrected chi connectivity index (χ2v) is 5.51. The molecule has 0 radical (unpaired) electrons. The normalized spacial score (nSPS) is 14.6. The van der Waals surface area contributed by atoms with E-state index in [1.54, 1.807) is 0 Å². The van der Waals surface area contributed by atoms with E-state index in [9.17, 15) is 4.79 Å². The lowest BCUT2D eigenvalue weighted by atomic mass is 10.1. The zero-order valence-corrected chi connectivity index (χ0v) is 13.5. The van der Waals surface area contributed by atoms with Gasteiger partial charge in [-0.1, -0.05) is 30.3 Å². The van der Waals surface area contributed by atoms with Crippen LogP contribution in [0.5, 0.6) is 0 Å². The van der Waals surface area contributed by atoms with E-state index in [4.69, 9.17) is 9.47 Å². The molecule has 2 aromatic rings. The van der Waals surface area contributed by atoms with E-state index < -0.39 is 0 Å². The highest BCUT2D eigenvalue weighted by Gasteiger charge is 2.15. The van der Waals surface area contributed by atoms with Crippen molar-refractivity contribution in [2.45, 2.75) is 13.0 Å². The van der Waals surface area contributed by atoms with Gasteiger partial charge in [-0.05, 0) is 36.8 Å². The fourth-order valence-electron chi connectivity index (χ4n) is 2.40. The molecule has 1 heterocycles. The number of anilines is 2. The lowest BCUT2D eigenvalue weighted by Crippen LogP contribution is -2.21. The topological polar surface area (TPSA) is 59.6 Å². The first-order chi connectivity index (χ1) is 11.7. The van der Waals surface area contributed by atoms with Gasteiger partial charge in [-0.2, -0.15) is 0 Å². The summed E-state index contributed by atoms with van der Waals surface area (Å²) in [6.07, 6.45) is 1.34. The summed E-state index contributed by atoms with van der Waals surface area (Å²) in [6.45, 7) is 2.97. The van der Waals surface area contributed by atoms with Crippen LogP contribution in [0.4, 0.5) is 11.4 Å². The molecule has 124 valence electrons. The minimum atomic E-state index is -0.312. The molecule has 2 aromatic carbocycles. The first kappa shape index (κ1) is 15.9. The summed E-state index contributed by atoms with van der Waals surface area (Å²) < 4.78 is 10.3. The van der Waals surface area contributed by atoms with E-state index in [-0.39, 0.29) is 17.7 Å². The van der Waals surface area contributed by atoms with E-state index in [2.05, 4.69) is 29.7 Å². The van der Waals surface area contributed by atoms with Gasteiger partial charge in [-0.3, -0.25) is 4.79 Å². The Morgan fingerprint density at radius 2 is 1.71 bits per heavy atom. The molecule has 1 amide bonds. The van der Waals surface area contributed by atoms with Crippen molar-refractivity contribution in [3.8, 4) is 0 Å². The average molecular weight is 324 g/mol. The number of hydrogen-bond acceptors (Lipinski definition) is 4. The van der Waals surface area contributed by atoms with Crippen LogP contribution in [0.1, 0.15) is 18.5 Å². The van der Waals surface area contributed by atoms with Crippen molar-refractivity contribution in [1.29, 1.82) is 0 Å². The molecule has 0 unspecified atom stereocenters. The third kappa shape index (κ3) is 4.07. The number of hydrogen-bond donors (Lipinski definition) is 2. The van der Waals surface area contributed by atoms with Crippen molar-refractivity contribution in [2.75, 3.05) is 23.8 Å². The molecular weight excluding hydrogens is 304 g/mol. The number of carbonyl (C=O) groups excluding carboxylic acids is 1. The molecule has 0 fully saturated rings. The Hall–Kier alpha value is -2.95. The number of rotatable bonds is 5. The van der Waals surface area contributed by atoms with Gasteiger partial charge in [0.2, 0.25) is 5.76 Å². The standard InChI is InChI=1S/C19H20N2O3/c1-14(15-5-3-2-4-6-15)20-16-7-9-17(10-8-16)21-19(22)18-13-23-11-12-24-18/h2-10,13-14,20H,11-12H2,1H3,(H,21,22)/t14-/m1/s1. The van der Waals surface area contributed by atoms with Gasteiger partial charge < -0.3 is 20.1 Å². The van der Waals surface area contributed by atoms with Crippen molar-refractivity contribution in [3.05, 3.63) is 72.2 Å². The average Bonchev–Trinajstić information content (AvgIpc) is 2.65. The highest BCUT2D eigenvalue weighted by atomic mass is 16.6. The van der Waals surface area contributed by atoms with Crippen LogP contribution in [-0.4, -0.2) is 19.1 Å². The van der Waals surface area contributed by atoms with Crippen molar-refractivity contribution in [3.63, 3.8) is 0 Å². The van der Waals surface area contributed by atoms with E-state index in [1.165, 1.54) is 11.8 Å². The fraction of sp³-hybridized carbons (Fsp3) is 0.211. The minimum Gasteiger partial charge on any atom is -0.494 e. The molecule has 1 aliphatic heterocycles. The molecule has 0 saturated heterocycles. The van der Waals surface area contributed by atoms with Crippen LogP contribution in [0.3, 0.4) is 0 Å². The number of amides is 1. The minimum absolute atomic E-state index is 0.196. The molecule has 24 heavy (non-hydrogen) atoms. The zero-order chi connectivity index (χ0) is 16.8. The molecule has 1 atom stereocenters. The molecule has 3 rings (SSSR count). The smallest absolute Gasteiger partial charge is 0.294 e. The predicted molar refractivity (Wildman–Crippen MR) is 93.5 cm³/mol. The Bertz CT molecular complexity index is 711. The van der Waals surface area contributed by atoms with Crippen molar-refractivity contribution in [1.82, 2.24) is 0 Å². The molecule has 0 saturated carbocycles. The van der Waals surface area contributed by atoms with E-state index in [0.29, 0.717) is 18.9 Å². The Morgan fingerprint density at radius 1 is 1.00 bits per heavy atom. The monoisotopic (exact) mass is 324 g/mol. The summed E-state index contributed by atoms with van der Waals surface area (Å²) >= 11 is 0. The third-order valence-electron chi connectivity index (χ3n) is 3.70. The van der Waals surface area contributed by atoms with Gasteiger partial charge in [0.05, 0.1) is 0 Å². The maximum absolute atomic E-state index is 12.0. The quantitative estimate of drug-likeness (QED) is 0.881. The molecule has 0 bridgehead atoms. The summed E-state index contributed by atoms with van der Waals surface area (Å²) in [4.78, 5) is 12.0. The third-order valence-corrected chi connectivity index (χ3v) is 3.70. The largest absolute Gasteiger partial charge is 0.494 e. The van der Waals surface area contributed by atoms with Crippen LogP contribution in [0.2, 0.25) is 0 Å². The fourth-order valence-corrected chi connectivity index (χ4v) is 2.40. The van der Waals surface area contributed by atoms with Gasteiger partial charge >= 0.3 is 0 Å². The molecule has 0 aliphatic carbocycles. The van der Waals surface area contributed by atoms with E-state index in [0.717, 1.165) is 5.69 Å². The van der Waals surface area contributed by atoms with Crippen molar-refractivity contribution >= 4 is 17.3 Å². The van der Waals surface area contributed by atoms with Crippen LogP contribution < -0.4 is 10.6 Å². The van der Waals surface area contributed by atoms with Crippen LogP contribution in [-0.2, 0) is 14.3 Å². The SMILES string of the molecule is C[C@@H](Nc1ccc(NC(=O)C2=COCCO2)cc1)c1ccccc1. The Kier molecular flexibility index (Phi) is 5.01. The van der Waals surface area contributed by atoms with Crippen molar-refractivity contribution in [2.24, 2.45) is 0 Å². The molecule has 0 aromatic heterocycles. The van der Waals surface area contributed by atoms with Gasteiger partial charge in [-0.15, -0.1) is 0 Å². The first-order valence-electron chi connectivity index (χ1n) is 7.90. The molecule has 2 N–H and O–H groups in total. The Balaban J connectivity index is 1.59. The second-order valence-electron chi connectivity index (χ2n) is 5.51. The number of carbonyl (C=O) groups is 1. The summed E-state index contributed by atoms with van der Waals surface area (Å²) in [5, 5.41) is 6.22. The molecular formula is C19H20N2O3. The highest BCUT2D eigenvalue weighted by molar-refractivity contribution is 6.02. The maximum Gasteiger partial charge on any atom is 0.294 e. The summed E-state index contributed by atoms with van der Waals surface area (Å²) in [7, 11) is 0. The number of ether oxygens (including phenoxy) is 2. The number of benzene rings is 2. The maximum atomic E-state index is 12.0. The summed E-state index contributed by atoms with van der Waals surface area (Å²) in [5.74, 6) is -0.116. The number of nitrogens with one attached hydrogen (secondary N) is 2. The lowest BCUT2D eigenvalue weighted by molar-refractivity contribution is -0.117. The predicted octanol–water partition coefficient (Wildman–Crippen LogP) is 3.69. The van der Waals surface area contributed by atoms with Gasteiger partial charge in [-0.25, -0.2) is 0 Å².